The monoisotopic (exact) mass is 386 g/mol. The molecular weight excluding hydrogens is 368 g/mol. The fraction of sp³-hybridized carbons (Fsp3) is 0.316. The number of ether oxygens (including phenoxy) is 3. The number of hydrogen-bond donors (Lipinski definition) is 1. The molecule has 0 unspecified atom stereocenters. The van der Waals surface area contributed by atoms with Crippen LogP contribution in [0.3, 0.4) is 0 Å². The first-order valence-corrected chi connectivity index (χ1v) is 9.35. The van der Waals surface area contributed by atoms with Crippen LogP contribution in [-0.4, -0.2) is 30.2 Å². The number of rotatable bonds is 5. The molecule has 0 fully saturated rings. The van der Waals surface area contributed by atoms with Gasteiger partial charge in [-0.3, -0.25) is 4.79 Å². The zero-order valence-electron chi connectivity index (χ0n) is 15.0. The molecule has 1 aliphatic carbocycles. The Labute approximate surface area is 158 Å². The lowest BCUT2D eigenvalue weighted by molar-refractivity contribution is 0.0458. The van der Waals surface area contributed by atoms with E-state index in [1.54, 1.807) is 29.5 Å². The number of nitrogens with zero attached hydrogens (tertiary/aromatic N) is 1. The first-order chi connectivity index (χ1) is 13.1. The minimum absolute atomic E-state index is 0.132. The van der Waals surface area contributed by atoms with Gasteiger partial charge in [0.15, 0.2) is 0 Å². The lowest BCUT2D eigenvalue weighted by Crippen LogP contribution is -2.15. The van der Waals surface area contributed by atoms with Crippen LogP contribution in [0.2, 0.25) is 0 Å². The smallest absolute Gasteiger partial charge is 0.342 e. The van der Waals surface area contributed by atoms with E-state index in [1.807, 2.05) is 0 Å². The Morgan fingerprint density at radius 2 is 2.11 bits per heavy atom. The fourth-order valence-electron chi connectivity index (χ4n) is 3.30. The first-order valence-electron chi connectivity index (χ1n) is 8.53. The Hall–Kier alpha value is -2.87. The summed E-state index contributed by atoms with van der Waals surface area (Å²) in [6.45, 7) is -0.132. The highest BCUT2D eigenvalue weighted by molar-refractivity contribution is 7.18. The van der Waals surface area contributed by atoms with Gasteiger partial charge in [0, 0.05) is 4.88 Å². The number of benzene rings is 1. The maximum atomic E-state index is 12.5. The van der Waals surface area contributed by atoms with Crippen LogP contribution < -0.4 is 15.0 Å². The van der Waals surface area contributed by atoms with Crippen LogP contribution in [-0.2, 0) is 24.2 Å². The van der Waals surface area contributed by atoms with Crippen LogP contribution in [0.15, 0.2) is 23.0 Å². The average molecular weight is 386 g/mol. The summed E-state index contributed by atoms with van der Waals surface area (Å²) in [6.07, 6.45) is 3.00. The Balaban J connectivity index is 1.57. The van der Waals surface area contributed by atoms with Crippen molar-refractivity contribution in [1.29, 1.82) is 0 Å². The third kappa shape index (κ3) is 3.16. The maximum Gasteiger partial charge on any atom is 0.342 e. The van der Waals surface area contributed by atoms with Crippen molar-refractivity contribution in [2.45, 2.75) is 25.9 Å². The lowest BCUT2D eigenvalue weighted by Gasteiger charge is -2.10. The van der Waals surface area contributed by atoms with Gasteiger partial charge < -0.3 is 19.2 Å². The number of methoxy groups -OCH3 is 2. The zero-order valence-corrected chi connectivity index (χ0v) is 15.8. The highest BCUT2D eigenvalue weighted by Gasteiger charge is 2.21. The van der Waals surface area contributed by atoms with Crippen LogP contribution in [0.4, 0.5) is 0 Å². The first kappa shape index (κ1) is 17.5. The van der Waals surface area contributed by atoms with E-state index in [1.165, 1.54) is 19.1 Å². The minimum Gasteiger partial charge on any atom is -0.497 e. The van der Waals surface area contributed by atoms with Crippen molar-refractivity contribution in [3.05, 3.63) is 50.4 Å². The second kappa shape index (κ2) is 7.03. The number of carbonyl (C=O) groups is 1. The molecule has 1 N–H and O–H groups in total. The van der Waals surface area contributed by atoms with Gasteiger partial charge in [0.2, 0.25) is 0 Å². The molecule has 2 aromatic heterocycles. The van der Waals surface area contributed by atoms with Crippen LogP contribution in [0.25, 0.3) is 10.2 Å². The van der Waals surface area contributed by atoms with Gasteiger partial charge in [-0.25, -0.2) is 9.78 Å². The predicted molar refractivity (Wildman–Crippen MR) is 101 cm³/mol. The van der Waals surface area contributed by atoms with E-state index in [9.17, 15) is 9.59 Å². The molecule has 4 rings (SSSR count). The third-order valence-corrected chi connectivity index (χ3v) is 5.78. The van der Waals surface area contributed by atoms with Crippen molar-refractivity contribution in [1.82, 2.24) is 9.97 Å². The van der Waals surface area contributed by atoms with Crippen molar-refractivity contribution < 1.29 is 19.0 Å². The van der Waals surface area contributed by atoms with Crippen molar-refractivity contribution in [3.8, 4) is 11.5 Å². The Bertz CT molecular complexity index is 1090. The van der Waals surface area contributed by atoms with Gasteiger partial charge >= 0.3 is 5.97 Å². The van der Waals surface area contributed by atoms with Crippen LogP contribution >= 0.6 is 11.3 Å². The number of hydrogen-bond acceptors (Lipinski definition) is 7. The second-order valence-electron chi connectivity index (χ2n) is 6.19. The standard InChI is InChI=1S/C19H18N2O5S/c1-24-10-6-7-13(25-2)12(8-10)19(23)26-9-15-20-17(22)16-11-4-3-5-14(11)27-18(16)21-15/h6-8H,3-5,9H2,1-2H3,(H,20,21,22). The average Bonchev–Trinajstić information content (AvgIpc) is 3.26. The lowest BCUT2D eigenvalue weighted by atomic mass is 10.2. The third-order valence-electron chi connectivity index (χ3n) is 4.59. The van der Waals surface area contributed by atoms with E-state index in [-0.39, 0.29) is 17.7 Å². The van der Waals surface area contributed by atoms with Gasteiger partial charge in [-0.05, 0) is 43.0 Å². The summed E-state index contributed by atoms with van der Waals surface area (Å²) < 4.78 is 15.7. The second-order valence-corrected chi connectivity index (χ2v) is 7.28. The molecule has 8 heteroatoms. The summed E-state index contributed by atoms with van der Waals surface area (Å²) in [5.41, 5.74) is 1.19. The molecule has 7 nitrogen and oxygen atoms in total. The van der Waals surface area contributed by atoms with Crippen LogP contribution in [0, 0.1) is 0 Å². The number of carbonyl (C=O) groups excluding carboxylic acids is 1. The molecule has 1 aromatic carbocycles. The number of H-pyrrole nitrogens is 1. The van der Waals surface area contributed by atoms with Gasteiger partial charge in [-0.2, -0.15) is 0 Å². The van der Waals surface area contributed by atoms with Crippen molar-refractivity contribution in [2.75, 3.05) is 14.2 Å². The van der Waals surface area contributed by atoms with Gasteiger partial charge in [-0.1, -0.05) is 0 Å². The number of esters is 1. The number of nitrogens with one attached hydrogen (secondary N) is 1. The molecule has 0 bridgehead atoms. The number of thiophene rings is 1. The fourth-order valence-corrected chi connectivity index (χ4v) is 4.58. The van der Waals surface area contributed by atoms with E-state index in [4.69, 9.17) is 14.2 Å². The van der Waals surface area contributed by atoms with Gasteiger partial charge in [0.25, 0.3) is 5.56 Å². The maximum absolute atomic E-state index is 12.5. The number of aromatic amines is 1. The van der Waals surface area contributed by atoms with E-state index in [0.717, 1.165) is 24.8 Å². The summed E-state index contributed by atoms with van der Waals surface area (Å²) in [6, 6.07) is 4.87. The number of fused-ring (bicyclic) bond motifs is 3. The largest absolute Gasteiger partial charge is 0.497 e. The summed E-state index contributed by atoms with van der Waals surface area (Å²) >= 11 is 1.55. The molecule has 0 amide bonds. The SMILES string of the molecule is COc1ccc(OC)c(C(=O)OCc2nc3sc4c(c3c(=O)[nH]2)CCC4)c1. The molecule has 0 aliphatic heterocycles. The quantitative estimate of drug-likeness (QED) is 0.678. The molecule has 0 saturated heterocycles. The molecule has 0 atom stereocenters. The van der Waals surface area contributed by atoms with E-state index in [2.05, 4.69) is 9.97 Å². The van der Waals surface area contributed by atoms with Crippen molar-refractivity contribution in [2.24, 2.45) is 0 Å². The molecule has 27 heavy (non-hydrogen) atoms. The predicted octanol–water partition coefficient (Wildman–Crippen LogP) is 2.85. The Morgan fingerprint density at radius 1 is 1.26 bits per heavy atom. The molecule has 0 radical (unpaired) electrons. The van der Waals surface area contributed by atoms with Gasteiger partial charge in [-0.15, -0.1) is 11.3 Å². The highest BCUT2D eigenvalue weighted by atomic mass is 32.1. The molecule has 2 heterocycles. The summed E-state index contributed by atoms with van der Waals surface area (Å²) in [7, 11) is 2.99. The summed E-state index contributed by atoms with van der Waals surface area (Å²) in [5.74, 6) is 0.640. The molecular formula is C19H18N2O5S. The van der Waals surface area contributed by atoms with Crippen LogP contribution in [0.5, 0.6) is 11.5 Å². The number of aryl methyl sites for hydroxylation is 2. The summed E-state index contributed by atoms with van der Waals surface area (Å²) in [5, 5.41) is 0.678. The van der Waals surface area contributed by atoms with Gasteiger partial charge in [0.1, 0.15) is 34.3 Å². The Morgan fingerprint density at radius 3 is 2.89 bits per heavy atom. The van der Waals surface area contributed by atoms with E-state index < -0.39 is 5.97 Å². The highest BCUT2D eigenvalue weighted by Crippen LogP contribution is 2.34. The minimum atomic E-state index is -0.581. The topological polar surface area (TPSA) is 90.5 Å². The Kier molecular flexibility index (Phi) is 4.57. The molecule has 0 spiro atoms. The van der Waals surface area contributed by atoms with Gasteiger partial charge in [0.05, 0.1) is 19.6 Å². The van der Waals surface area contributed by atoms with E-state index in [0.29, 0.717) is 27.5 Å². The molecule has 1 aliphatic rings. The molecule has 140 valence electrons. The van der Waals surface area contributed by atoms with Crippen molar-refractivity contribution >= 4 is 27.5 Å². The van der Waals surface area contributed by atoms with Crippen molar-refractivity contribution in [3.63, 3.8) is 0 Å². The van der Waals surface area contributed by atoms with E-state index >= 15 is 0 Å². The number of aromatic nitrogens is 2. The molecule has 0 saturated carbocycles. The summed E-state index contributed by atoms with van der Waals surface area (Å²) in [4.78, 5) is 34.0. The zero-order chi connectivity index (χ0) is 19.0. The van der Waals surface area contributed by atoms with Crippen LogP contribution in [0.1, 0.15) is 33.0 Å². The molecule has 3 aromatic rings. The normalized spacial score (nSPS) is 12.8.